The lowest BCUT2D eigenvalue weighted by atomic mass is 9.76. The molecule has 1 saturated carbocycles. The van der Waals surface area contributed by atoms with Crippen molar-refractivity contribution in [3.63, 3.8) is 0 Å². The lowest BCUT2D eigenvalue weighted by Gasteiger charge is -2.41. The van der Waals surface area contributed by atoms with Gasteiger partial charge >= 0.3 is 5.97 Å². The largest absolute Gasteiger partial charge is 0.458 e. The molecule has 1 unspecified atom stereocenters. The van der Waals surface area contributed by atoms with E-state index in [-0.39, 0.29) is 18.2 Å². The Labute approximate surface area is 156 Å². The second kappa shape index (κ2) is 9.42. The molecule has 1 saturated heterocycles. The number of hydrogen-bond donors (Lipinski definition) is 1. The third-order valence-corrected chi connectivity index (χ3v) is 5.52. The Morgan fingerprint density at radius 1 is 1.08 bits per heavy atom. The molecule has 2 fully saturated rings. The average Bonchev–Trinajstić information content (AvgIpc) is 3.17. The fraction of sp³-hybridized carbons (Fsp3) is 0.619. The molecule has 0 N–H and O–H groups in total. The van der Waals surface area contributed by atoms with Gasteiger partial charge in [-0.2, -0.15) is 12.6 Å². The molecule has 3 rings (SSSR count). The summed E-state index contributed by atoms with van der Waals surface area (Å²) in [7, 11) is 0. The molecule has 25 heavy (non-hydrogen) atoms. The summed E-state index contributed by atoms with van der Waals surface area (Å²) in [6.45, 7) is 2.15. The molecule has 4 heteroatoms. The van der Waals surface area contributed by atoms with Crippen molar-refractivity contribution in [3.8, 4) is 0 Å². The van der Waals surface area contributed by atoms with Gasteiger partial charge in [-0.25, -0.2) is 0 Å². The molecule has 0 spiro atoms. The maximum atomic E-state index is 12.0. The Morgan fingerprint density at radius 2 is 1.68 bits per heavy atom. The molecule has 1 aromatic rings. The van der Waals surface area contributed by atoms with Crippen molar-refractivity contribution >= 4 is 24.4 Å². The minimum absolute atomic E-state index is 0.0420. The van der Waals surface area contributed by atoms with Crippen LogP contribution >= 0.6 is 12.6 Å². The maximum Gasteiger partial charge on any atom is 0.313 e. The van der Waals surface area contributed by atoms with Gasteiger partial charge in [-0.15, -0.1) is 0 Å². The van der Waals surface area contributed by atoms with Crippen LogP contribution in [-0.2, 0) is 27.2 Å². The SMILES string of the molecule is CCc1ccc(CCC2(C3CCCC3)CC(=O)CC(=O)O2)cc1.CS. The van der Waals surface area contributed by atoms with Gasteiger partial charge in [0.05, 0.1) is 0 Å². The van der Waals surface area contributed by atoms with Gasteiger partial charge in [0.15, 0.2) is 0 Å². The molecule has 3 nitrogen and oxygen atoms in total. The summed E-state index contributed by atoms with van der Waals surface area (Å²) in [5.41, 5.74) is 2.04. The number of esters is 1. The second-order valence-electron chi connectivity index (χ2n) is 7.08. The minimum atomic E-state index is -0.549. The van der Waals surface area contributed by atoms with E-state index >= 15 is 0 Å². The van der Waals surface area contributed by atoms with E-state index in [2.05, 4.69) is 43.8 Å². The number of aryl methyl sites for hydroxylation is 2. The molecule has 0 bridgehead atoms. The van der Waals surface area contributed by atoms with Gasteiger partial charge in [0.25, 0.3) is 0 Å². The number of carbonyl (C=O) groups is 2. The van der Waals surface area contributed by atoms with Gasteiger partial charge in [-0.1, -0.05) is 44.0 Å². The van der Waals surface area contributed by atoms with Crippen LogP contribution in [0.1, 0.15) is 63.0 Å². The Balaban J connectivity index is 0.00000109. The highest BCUT2D eigenvalue weighted by Crippen LogP contribution is 2.43. The summed E-state index contributed by atoms with van der Waals surface area (Å²) in [5.74, 6) is 0.0783. The van der Waals surface area contributed by atoms with E-state index in [1.165, 1.54) is 24.0 Å². The average molecular weight is 363 g/mol. The van der Waals surface area contributed by atoms with Gasteiger partial charge < -0.3 is 4.74 Å². The van der Waals surface area contributed by atoms with E-state index in [9.17, 15) is 9.59 Å². The van der Waals surface area contributed by atoms with E-state index < -0.39 is 5.60 Å². The van der Waals surface area contributed by atoms with Crippen LogP contribution in [0.25, 0.3) is 0 Å². The quantitative estimate of drug-likeness (QED) is 0.474. The van der Waals surface area contributed by atoms with Crippen LogP contribution in [0.3, 0.4) is 0 Å². The van der Waals surface area contributed by atoms with Gasteiger partial charge in [-0.05, 0) is 55.4 Å². The summed E-state index contributed by atoms with van der Waals surface area (Å²) >= 11 is 3.53. The van der Waals surface area contributed by atoms with Crippen molar-refractivity contribution in [2.75, 3.05) is 6.26 Å². The Bertz CT molecular complexity index is 557. The normalized spacial score (nSPS) is 23.8. The van der Waals surface area contributed by atoms with Crippen molar-refractivity contribution in [1.82, 2.24) is 0 Å². The highest BCUT2D eigenvalue weighted by molar-refractivity contribution is 7.79. The van der Waals surface area contributed by atoms with Crippen LogP contribution < -0.4 is 0 Å². The van der Waals surface area contributed by atoms with Crippen LogP contribution in [0.2, 0.25) is 0 Å². The molecule has 2 aliphatic rings. The van der Waals surface area contributed by atoms with Crippen molar-refractivity contribution < 1.29 is 14.3 Å². The molecule has 0 radical (unpaired) electrons. The first-order chi connectivity index (χ1) is 12.1. The van der Waals surface area contributed by atoms with E-state index in [0.717, 1.165) is 32.1 Å². The first-order valence-electron chi connectivity index (χ1n) is 9.37. The van der Waals surface area contributed by atoms with Crippen molar-refractivity contribution in [1.29, 1.82) is 0 Å². The van der Waals surface area contributed by atoms with E-state index in [4.69, 9.17) is 4.74 Å². The van der Waals surface area contributed by atoms with Crippen LogP contribution in [0.5, 0.6) is 0 Å². The fourth-order valence-corrected chi connectivity index (χ4v) is 4.18. The molecule has 1 aromatic carbocycles. The third-order valence-electron chi connectivity index (χ3n) is 5.52. The molecule has 138 valence electrons. The molecule has 0 aromatic heterocycles. The van der Waals surface area contributed by atoms with Crippen LogP contribution in [0.4, 0.5) is 0 Å². The highest BCUT2D eigenvalue weighted by Gasteiger charge is 2.47. The predicted octanol–water partition coefficient (Wildman–Crippen LogP) is 4.56. The summed E-state index contributed by atoms with van der Waals surface area (Å²) in [6, 6.07) is 8.65. The fourth-order valence-electron chi connectivity index (χ4n) is 4.18. The molecule has 1 aliphatic heterocycles. The van der Waals surface area contributed by atoms with Gasteiger partial charge in [-0.3, -0.25) is 9.59 Å². The van der Waals surface area contributed by atoms with Gasteiger partial charge in [0.1, 0.15) is 17.8 Å². The first kappa shape index (κ1) is 20.0. The summed E-state index contributed by atoms with van der Waals surface area (Å²) in [4.78, 5) is 23.9. The number of rotatable bonds is 5. The molecular formula is C21H30O3S. The number of cyclic esters (lactones) is 1. The first-order valence-corrected chi connectivity index (χ1v) is 10.3. The lowest BCUT2D eigenvalue weighted by molar-refractivity contribution is -0.178. The van der Waals surface area contributed by atoms with Gasteiger partial charge in [0.2, 0.25) is 0 Å². The summed E-state index contributed by atoms with van der Waals surface area (Å²) in [5, 5.41) is 0. The lowest BCUT2D eigenvalue weighted by Crippen LogP contribution is -2.48. The van der Waals surface area contributed by atoms with Crippen LogP contribution in [-0.4, -0.2) is 23.6 Å². The Kier molecular flexibility index (Phi) is 7.55. The zero-order chi connectivity index (χ0) is 18.3. The Hall–Kier alpha value is -1.29. The second-order valence-corrected chi connectivity index (χ2v) is 7.08. The molecular weight excluding hydrogens is 332 g/mol. The number of benzene rings is 1. The number of Topliss-reactive ketones (excluding diaryl/α,β-unsaturated/α-hetero) is 1. The predicted molar refractivity (Wildman–Crippen MR) is 104 cm³/mol. The van der Waals surface area contributed by atoms with Crippen LogP contribution in [0, 0.1) is 5.92 Å². The molecule has 1 atom stereocenters. The highest BCUT2D eigenvalue weighted by atomic mass is 32.1. The number of hydrogen-bond acceptors (Lipinski definition) is 4. The number of carbonyl (C=O) groups excluding carboxylic acids is 2. The summed E-state index contributed by atoms with van der Waals surface area (Å²) in [6.07, 6.45) is 9.26. The summed E-state index contributed by atoms with van der Waals surface area (Å²) < 4.78 is 5.84. The van der Waals surface area contributed by atoms with E-state index in [1.807, 2.05) is 0 Å². The van der Waals surface area contributed by atoms with Crippen LogP contribution in [0.15, 0.2) is 24.3 Å². The monoisotopic (exact) mass is 362 g/mol. The topological polar surface area (TPSA) is 43.4 Å². The van der Waals surface area contributed by atoms with Gasteiger partial charge in [0, 0.05) is 6.42 Å². The zero-order valence-electron chi connectivity index (χ0n) is 15.4. The van der Waals surface area contributed by atoms with Crippen molar-refractivity contribution in [2.24, 2.45) is 5.92 Å². The molecule has 0 amide bonds. The number of thiol groups is 1. The standard InChI is InChI=1S/C20H26O3.CH4S/c1-2-15-7-9-16(10-8-15)11-12-20(17-5-3-4-6-17)14-18(21)13-19(22)23-20;1-2/h7-10,17H,2-6,11-14H2,1H3;2H,1H3. The Morgan fingerprint density at radius 3 is 2.24 bits per heavy atom. The number of ketones is 1. The number of ether oxygens (including phenoxy) is 1. The zero-order valence-corrected chi connectivity index (χ0v) is 16.3. The smallest absolute Gasteiger partial charge is 0.313 e. The molecule has 1 heterocycles. The van der Waals surface area contributed by atoms with Crippen molar-refractivity contribution in [3.05, 3.63) is 35.4 Å². The van der Waals surface area contributed by atoms with E-state index in [1.54, 1.807) is 6.26 Å². The third kappa shape index (κ3) is 5.10. The minimum Gasteiger partial charge on any atom is -0.458 e. The van der Waals surface area contributed by atoms with E-state index in [0.29, 0.717) is 12.3 Å². The maximum absolute atomic E-state index is 12.0. The van der Waals surface area contributed by atoms with Crippen molar-refractivity contribution in [2.45, 2.75) is 70.3 Å². The molecule has 1 aliphatic carbocycles.